The van der Waals surface area contributed by atoms with Crippen molar-refractivity contribution in [3.63, 3.8) is 0 Å². The average molecular weight is 323 g/mol. The summed E-state index contributed by atoms with van der Waals surface area (Å²) in [6, 6.07) is 14.3. The minimum atomic E-state index is -0.645. The lowest BCUT2D eigenvalue weighted by atomic mass is 10.0. The number of esters is 1. The molecule has 0 aliphatic heterocycles. The van der Waals surface area contributed by atoms with Gasteiger partial charge in [-0.15, -0.1) is 0 Å². The van der Waals surface area contributed by atoms with Crippen molar-refractivity contribution in [2.45, 2.75) is 13.3 Å². The number of ether oxygens (including phenoxy) is 1. The highest BCUT2D eigenvalue weighted by atomic mass is 16.5. The van der Waals surface area contributed by atoms with E-state index in [4.69, 9.17) is 4.74 Å². The molecule has 2 heterocycles. The van der Waals surface area contributed by atoms with Crippen molar-refractivity contribution >= 4 is 11.5 Å². The summed E-state index contributed by atoms with van der Waals surface area (Å²) in [5.41, 5.74) is 1.04. The number of aromatic nitrogens is 1. The number of carbonyl (C=O) groups excluding carboxylic acids is 1. The molecule has 0 radical (unpaired) electrons. The lowest BCUT2D eigenvalue weighted by molar-refractivity contribution is 0.0524. The molecular weight excluding hydrogens is 306 g/mol. The van der Waals surface area contributed by atoms with E-state index in [1.807, 2.05) is 30.3 Å². The minimum absolute atomic E-state index is 0.0166. The predicted octanol–water partition coefficient (Wildman–Crippen LogP) is 2.77. The summed E-state index contributed by atoms with van der Waals surface area (Å²) in [4.78, 5) is 25.0. The van der Waals surface area contributed by atoms with E-state index in [0.717, 1.165) is 5.56 Å². The van der Waals surface area contributed by atoms with Gasteiger partial charge < -0.3 is 9.84 Å². The molecule has 0 bridgehead atoms. The standard InChI is InChI=1S/C19H17NO4/c1-2-24-19(23)16-15-10-6-7-11-20(15)18(22)14(17(16)21)12-13-8-4-3-5-9-13/h3-11,21H,2,12H2,1H3. The van der Waals surface area contributed by atoms with E-state index in [1.165, 1.54) is 4.40 Å². The van der Waals surface area contributed by atoms with Gasteiger partial charge in [0.05, 0.1) is 17.7 Å². The van der Waals surface area contributed by atoms with Crippen molar-refractivity contribution in [2.24, 2.45) is 0 Å². The Bertz CT molecular complexity index is 945. The lowest BCUT2D eigenvalue weighted by Crippen LogP contribution is -2.22. The minimum Gasteiger partial charge on any atom is -0.506 e. The summed E-state index contributed by atoms with van der Waals surface area (Å²) in [6.07, 6.45) is 1.81. The first kappa shape index (κ1) is 15.8. The van der Waals surface area contributed by atoms with E-state index < -0.39 is 5.97 Å². The number of carbonyl (C=O) groups is 1. The highest BCUT2D eigenvalue weighted by molar-refractivity contribution is 6.00. The van der Waals surface area contributed by atoms with Gasteiger partial charge in [0.15, 0.2) is 0 Å². The van der Waals surface area contributed by atoms with Crippen LogP contribution in [0.2, 0.25) is 0 Å². The maximum absolute atomic E-state index is 12.7. The van der Waals surface area contributed by atoms with E-state index >= 15 is 0 Å². The van der Waals surface area contributed by atoms with Gasteiger partial charge in [0.25, 0.3) is 5.56 Å². The third-order valence-corrected chi connectivity index (χ3v) is 3.82. The zero-order valence-corrected chi connectivity index (χ0v) is 13.2. The van der Waals surface area contributed by atoms with Gasteiger partial charge in [-0.25, -0.2) is 4.79 Å². The van der Waals surface area contributed by atoms with Gasteiger partial charge >= 0.3 is 5.97 Å². The van der Waals surface area contributed by atoms with Crippen molar-refractivity contribution in [3.05, 3.63) is 81.8 Å². The van der Waals surface area contributed by atoms with Gasteiger partial charge in [0.1, 0.15) is 11.3 Å². The number of hydrogen-bond donors (Lipinski definition) is 1. The molecule has 0 aliphatic rings. The molecule has 5 heteroatoms. The number of benzene rings is 1. The van der Waals surface area contributed by atoms with Crippen molar-refractivity contribution < 1.29 is 14.6 Å². The summed E-state index contributed by atoms with van der Waals surface area (Å²) in [6.45, 7) is 1.88. The van der Waals surface area contributed by atoms with Gasteiger partial charge in [-0.3, -0.25) is 9.20 Å². The average Bonchev–Trinajstić information content (AvgIpc) is 2.60. The number of rotatable bonds is 4. The molecule has 3 rings (SSSR count). The molecule has 0 unspecified atom stereocenters. The first-order valence-electron chi connectivity index (χ1n) is 7.69. The third-order valence-electron chi connectivity index (χ3n) is 3.82. The Kier molecular flexibility index (Phi) is 4.33. The number of fused-ring (bicyclic) bond motifs is 1. The number of aromatic hydroxyl groups is 1. The highest BCUT2D eigenvalue weighted by Gasteiger charge is 2.23. The van der Waals surface area contributed by atoms with Crippen molar-refractivity contribution in [1.29, 1.82) is 0 Å². The quantitative estimate of drug-likeness (QED) is 0.750. The maximum Gasteiger partial charge on any atom is 0.344 e. The van der Waals surface area contributed by atoms with Crippen molar-refractivity contribution in [2.75, 3.05) is 6.61 Å². The topological polar surface area (TPSA) is 68.0 Å². The smallest absolute Gasteiger partial charge is 0.344 e. The zero-order chi connectivity index (χ0) is 17.1. The molecule has 5 nitrogen and oxygen atoms in total. The predicted molar refractivity (Wildman–Crippen MR) is 90.5 cm³/mol. The summed E-state index contributed by atoms with van der Waals surface area (Å²) < 4.78 is 6.41. The first-order valence-corrected chi connectivity index (χ1v) is 7.69. The van der Waals surface area contributed by atoms with E-state index in [0.29, 0.717) is 5.52 Å². The van der Waals surface area contributed by atoms with Crippen LogP contribution in [0, 0.1) is 0 Å². The second-order valence-corrected chi connectivity index (χ2v) is 5.35. The monoisotopic (exact) mass is 323 g/mol. The fraction of sp³-hybridized carbons (Fsp3) is 0.158. The van der Waals surface area contributed by atoms with E-state index in [-0.39, 0.29) is 35.5 Å². The SMILES string of the molecule is CCOC(=O)c1c(O)c(Cc2ccccc2)c(=O)n2ccccc12. The first-order chi connectivity index (χ1) is 11.6. The Morgan fingerprint density at radius 3 is 2.54 bits per heavy atom. The zero-order valence-electron chi connectivity index (χ0n) is 13.2. The summed E-state index contributed by atoms with van der Waals surface area (Å²) in [5, 5.41) is 10.6. The molecule has 0 atom stereocenters. The van der Waals surface area contributed by atoms with Gasteiger partial charge in [-0.05, 0) is 24.6 Å². The van der Waals surface area contributed by atoms with Crippen LogP contribution in [0.5, 0.6) is 5.75 Å². The molecule has 0 saturated carbocycles. The second-order valence-electron chi connectivity index (χ2n) is 5.35. The largest absolute Gasteiger partial charge is 0.506 e. The van der Waals surface area contributed by atoms with Crippen LogP contribution in [0.4, 0.5) is 0 Å². The second kappa shape index (κ2) is 6.58. The van der Waals surface area contributed by atoms with Crippen LogP contribution in [-0.2, 0) is 11.2 Å². The molecule has 0 amide bonds. The highest BCUT2D eigenvalue weighted by Crippen LogP contribution is 2.27. The van der Waals surface area contributed by atoms with Gasteiger partial charge in [-0.1, -0.05) is 36.4 Å². The van der Waals surface area contributed by atoms with Crippen LogP contribution in [0.1, 0.15) is 28.4 Å². The fourth-order valence-electron chi connectivity index (χ4n) is 2.71. The molecule has 0 spiro atoms. The Morgan fingerprint density at radius 2 is 1.83 bits per heavy atom. The Labute approximate surface area is 138 Å². The number of nitrogens with zero attached hydrogens (tertiary/aromatic N) is 1. The normalized spacial score (nSPS) is 10.7. The Hall–Kier alpha value is -3.08. The Balaban J connectivity index is 2.26. The molecule has 0 fully saturated rings. The van der Waals surface area contributed by atoms with Gasteiger partial charge in [0.2, 0.25) is 0 Å². The van der Waals surface area contributed by atoms with Crippen LogP contribution >= 0.6 is 0 Å². The van der Waals surface area contributed by atoms with Crippen LogP contribution in [0.15, 0.2) is 59.5 Å². The van der Waals surface area contributed by atoms with Gasteiger partial charge in [0, 0.05) is 12.6 Å². The summed E-state index contributed by atoms with van der Waals surface area (Å²) in [7, 11) is 0. The summed E-state index contributed by atoms with van der Waals surface area (Å²) >= 11 is 0. The molecule has 0 aliphatic carbocycles. The number of hydrogen-bond acceptors (Lipinski definition) is 4. The molecule has 0 saturated heterocycles. The van der Waals surface area contributed by atoms with E-state index in [1.54, 1.807) is 31.3 Å². The molecule has 3 aromatic rings. The molecular formula is C19H17NO4. The van der Waals surface area contributed by atoms with E-state index in [2.05, 4.69) is 0 Å². The van der Waals surface area contributed by atoms with Gasteiger partial charge in [-0.2, -0.15) is 0 Å². The fourth-order valence-corrected chi connectivity index (χ4v) is 2.71. The van der Waals surface area contributed by atoms with Crippen LogP contribution in [0.25, 0.3) is 5.52 Å². The third kappa shape index (κ3) is 2.76. The summed E-state index contributed by atoms with van der Waals surface area (Å²) in [5.74, 6) is -0.957. The molecule has 1 N–H and O–H groups in total. The molecule has 122 valence electrons. The lowest BCUT2D eigenvalue weighted by Gasteiger charge is -2.13. The van der Waals surface area contributed by atoms with E-state index in [9.17, 15) is 14.7 Å². The molecule has 24 heavy (non-hydrogen) atoms. The molecule has 2 aromatic heterocycles. The Morgan fingerprint density at radius 1 is 1.12 bits per heavy atom. The van der Waals surface area contributed by atoms with Crippen LogP contribution < -0.4 is 5.56 Å². The maximum atomic E-state index is 12.7. The number of pyridine rings is 2. The van der Waals surface area contributed by atoms with Crippen molar-refractivity contribution in [3.8, 4) is 5.75 Å². The molecule has 1 aromatic carbocycles. The van der Waals surface area contributed by atoms with Crippen LogP contribution in [-0.4, -0.2) is 22.1 Å². The van der Waals surface area contributed by atoms with Crippen LogP contribution in [0.3, 0.4) is 0 Å². The van der Waals surface area contributed by atoms with Crippen molar-refractivity contribution in [1.82, 2.24) is 4.40 Å².